The quantitative estimate of drug-likeness (QED) is 0.834. The summed E-state index contributed by atoms with van der Waals surface area (Å²) in [6, 6.07) is 2.26. The lowest BCUT2D eigenvalue weighted by molar-refractivity contribution is 0.327. The molecule has 2 N–H and O–H groups in total. The molecule has 1 saturated carbocycles. The fraction of sp³-hybridized carbons (Fsp3) is 0.769. The van der Waals surface area contributed by atoms with Crippen LogP contribution in [-0.2, 0) is 5.54 Å². The van der Waals surface area contributed by atoms with Gasteiger partial charge in [0.2, 0.25) is 0 Å². The van der Waals surface area contributed by atoms with Crippen LogP contribution in [0.25, 0.3) is 0 Å². The van der Waals surface area contributed by atoms with Crippen molar-refractivity contribution in [2.75, 3.05) is 0 Å². The minimum atomic E-state index is 0.0188. The van der Waals surface area contributed by atoms with E-state index in [1.165, 1.54) is 25.0 Å². The smallest absolute Gasteiger partial charge is 0.0659 e. The van der Waals surface area contributed by atoms with Crippen molar-refractivity contribution in [3.63, 3.8) is 0 Å². The van der Waals surface area contributed by atoms with E-state index >= 15 is 0 Å². The van der Waals surface area contributed by atoms with E-state index in [1.807, 2.05) is 6.92 Å². The Hall–Kier alpha value is -0.830. The molecule has 3 nitrogen and oxygen atoms in total. The van der Waals surface area contributed by atoms with Crippen molar-refractivity contribution >= 4 is 0 Å². The molecule has 1 aromatic rings. The van der Waals surface area contributed by atoms with E-state index in [9.17, 15) is 0 Å². The standard InChI is InChI=1S/C13H23N3/c1-9(14)12-8-11(10-6-5-7-10)15-16(12)13(2,3)4/h8-10H,5-7,14H2,1-4H3. The molecule has 0 bridgehead atoms. The summed E-state index contributed by atoms with van der Waals surface area (Å²) in [6.07, 6.45) is 3.93. The third-order valence-electron chi connectivity index (χ3n) is 3.38. The van der Waals surface area contributed by atoms with Gasteiger partial charge >= 0.3 is 0 Å². The lowest BCUT2D eigenvalue weighted by Gasteiger charge is -2.25. The highest BCUT2D eigenvalue weighted by molar-refractivity contribution is 5.19. The van der Waals surface area contributed by atoms with Crippen LogP contribution in [0.4, 0.5) is 0 Å². The lowest BCUT2D eigenvalue weighted by atomic mass is 9.83. The van der Waals surface area contributed by atoms with Gasteiger partial charge in [0.15, 0.2) is 0 Å². The normalized spacial score (nSPS) is 19.6. The molecule has 0 spiro atoms. The SMILES string of the molecule is CC(N)c1cc(C2CCC2)nn1C(C)(C)C. The topological polar surface area (TPSA) is 43.8 Å². The average molecular weight is 221 g/mol. The van der Waals surface area contributed by atoms with Crippen molar-refractivity contribution in [3.05, 3.63) is 17.5 Å². The van der Waals surface area contributed by atoms with E-state index in [1.54, 1.807) is 0 Å². The zero-order chi connectivity index (χ0) is 11.9. The van der Waals surface area contributed by atoms with Crippen molar-refractivity contribution in [1.82, 2.24) is 9.78 Å². The largest absolute Gasteiger partial charge is 0.323 e. The van der Waals surface area contributed by atoms with E-state index < -0.39 is 0 Å². The third-order valence-corrected chi connectivity index (χ3v) is 3.38. The molecule has 1 aliphatic carbocycles. The van der Waals surface area contributed by atoms with Crippen LogP contribution in [-0.4, -0.2) is 9.78 Å². The number of hydrogen-bond acceptors (Lipinski definition) is 2. The van der Waals surface area contributed by atoms with E-state index in [4.69, 9.17) is 10.8 Å². The van der Waals surface area contributed by atoms with E-state index in [0.29, 0.717) is 5.92 Å². The summed E-state index contributed by atoms with van der Waals surface area (Å²) in [4.78, 5) is 0. The first-order chi connectivity index (χ1) is 7.39. The number of nitrogens with two attached hydrogens (primary N) is 1. The molecule has 1 atom stereocenters. The molecule has 0 saturated heterocycles. The summed E-state index contributed by atoms with van der Waals surface area (Å²) in [5, 5.41) is 4.76. The van der Waals surface area contributed by atoms with Crippen LogP contribution in [0.15, 0.2) is 6.07 Å². The second-order valence-electron chi connectivity index (χ2n) is 5.99. The maximum atomic E-state index is 6.02. The first-order valence-corrected chi connectivity index (χ1v) is 6.25. The highest BCUT2D eigenvalue weighted by Gasteiger charge is 2.27. The molecule has 16 heavy (non-hydrogen) atoms. The first kappa shape index (κ1) is 11.6. The Morgan fingerprint density at radius 3 is 2.38 bits per heavy atom. The molecular formula is C13H23N3. The van der Waals surface area contributed by atoms with Crippen molar-refractivity contribution in [1.29, 1.82) is 0 Å². The molecular weight excluding hydrogens is 198 g/mol. The van der Waals surface area contributed by atoms with Gasteiger partial charge in [-0.15, -0.1) is 0 Å². The zero-order valence-electron chi connectivity index (χ0n) is 10.8. The molecule has 0 amide bonds. The summed E-state index contributed by atoms with van der Waals surface area (Å²) in [5.74, 6) is 0.682. The van der Waals surface area contributed by atoms with Crippen LogP contribution in [0.5, 0.6) is 0 Å². The van der Waals surface area contributed by atoms with Crippen molar-refractivity contribution in [2.45, 2.75) is 64.5 Å². The summed E-state index contributed by atoms with van der Waals surface area (Å²) >= 11 is 0. The van der Waals surface area contributed by atoms with Gasteiger partial charge < -0.3 is 5.73 Å². The van der Waals surface area contributed by atoms with Crippen LogP contribution < -0.4 is 5.73 Å². The van der Waals surface area contributed by atoms with Gasteiger partial charge in [-0.25, -0.2) is 0 Å². The predicted octanol–water partition coefficient (Wildman–Crippen LogP) is 2.93. The molecule has 1 unspecified atom stereocenters. The molecule has 1 fully saturated rings. The summed E-state index contributed by atoms with van der Waals surface area (Å²) in [6.45, 7) is 8.56. The molecule has 1 aliphatic rings. The maximum absolute atomic E-state index is 6.02. The van der Waals surface area contributed by atoms with E-state index in [2.05, 4.69) is 31.5 Å². The molecule has 0 aliphatic heterocycles. The monoisotopic (exact) mass is 221 g/mol. The van der Waals surface area contributed by atoms with Crippen LogP contribution in [0.3, 0.4) is 0 Å². The van der Waals surface area contributed by atoms with Crippen molar-refractivity contribution in [2.24, 2.45) is 5.73 Å². The molecule has 3 heteroatoms. The van der Waals surface area contributed by atoms with Gasteiger partial charge in [-0.05, 0) is 46.6 Å². The third kappa shape index (κ3) is 2.01. The van der Waals surface area contributed by atoms with Gasteiger partial charge in [0.05, 0.1) is 16.9 Å². The molecule has 1 aromatic heterocycles. The van der Waals surface area contributed by atoms with Gasteiger partial charge in [0, 0.05) is 12.0 Å². The van der Waals surface area contributed by atoms with Gasteiger partial charge in [-0.2, -0.15) is 5.10 Å². The van der Waals surface area contributed by atoms with Crippen molar-refractivity contribution < 1.29 is 0 Å². The van der Waals surface area contributed by atoms with Gasteiger partial charge in [-0.3, -0.25) is 4.68 Å². The number of rotatable bonds is 2. The number of hydrogen-bond donors (Lipinski definition) is 1. The van der Waals surface area contributed by atoms with Gasteiger partial charge in [0.25, 0.3) is 0 Å². The molecule has 0 radical (unpaired) electrons. The Balaban J connectivity index is 2.37. The summed E-state index contributed by atoms with van der Waals surface area (Å²) in [5.41, 5.74) is 8.45. The number of nitrogens with zero attached hydrogens (tertiary/aromatic N) is 2. The fourth-order valence-electron chi connectivity index (χ4n) is 2.18. The highest BCUT2D eigenvalue weighted by Crippen LogP contribution is 2.37. The van der Waals surface area contributed by atoms with E-state index in [0.717, 1.165) is 5.69 Å². The minimum absolute atomic E-state index is 0.0188. The van der Waals surface area contributed by atoms with Gasteiger partial charge in [-0.1, -0.05) is 6.42 Å². The lowest BCUT2D eigenvalue weighted by Crippen LogP contribution is -2.28. The Morgan fingerprint density at radius 1 is 1.44 bits per heavy atom. The van der Waals surface area contributed by atoms with Crippen LogP contribution in [0.1, 0.15) is 70.3 Å². The highest BCUT2D eigenvalue weighted by atomic mass is 15.3. The summed E-state index contributed by atoms with van der Waals surface area (Å²) < 4.78 is 2.10. The predicted molar refractivity (Wildman–Crippen MR) is 66.4 cm³/mol. The maximum Gasteiger partial charge on any atom is 0.0659 e. The van der Waals surface area contributed by atoms with E-state index in [-0.39, 0.29) is 11.6 Å². The van der Waals surface area contributed by atoms with Crippen molar-refractivity contribution in [3.8, 4) is 0 Å². The molecule has 0 aromatic carbocycles. The second-order valence-corrected chi connectivity index (χ2v) is 5.99. The van der Waals surface area contributed by atoms with Crippen LogP contribution in [0, 0.1) is 0 Å². The first-order valence-electron chi connectivity index (χ1n) is 6.25. The number of aromatic nitrogens is 2. The van der Waals surface area contributed by atoms with Gasteiger partial charge in [0.1, 0.15) is 0 Å². The minimum Gasteiger partial charge on any atom is -0.323 e. The molecule has 1 heterocycles. The average Bonchev–Trinajstić information content (AvgIpc) is 2.44. The second kappa shape index (κ2) is 3.88. The zero-order valence-corrected chi connectivity index (χ0v) is 10.8. The Bertz CT molecular complexity index is 367. The Morgan fingerprint density at radius 2 is 2.06 bits per heavy atom. The molecule has 2 rings (SSSR count). The van der Waals surface area contributed by atoms with Crippen LogP contribution in [0.2, 0.25) is 0 Å². The Labute approximate surface area is 98.0 Å². The van der Waals surface area contributed by atoms with Crippen LogP contribution >= 0.6 is 0 Å². The molecule has 90 valence electrons. The Kier molecular flexibility index (Phi) is 2.82. The fourth-order valence-corrected chi connectivity index (χ4v) is 2.18. The summed E-state index contributed by atoms with van der Waals surface area (Å²) in [7, 11) is 0.